The molecule has 0 saturated carbocycles. The molecule has 0 heterocycles. The topological polar surface area (TPSA) is 84.5 Å². The molecule has 0 radical (unpaired) electrons. The van der Waals surface area contributed by atoms with Gasteiger partial charge in [-0.3, -0.25) is 9.52 Å². The average molecular weight is 507 g/mol. The molecule has 0 spiro atoms. The van der Waals surface area contributed by atoms with Crippen LogP contribution in [0.25, 0.3) is 0 Å². The number of nitrogens with one attached hydrogen (secondary N) is 2. The first-order valence-electron chi connectivity index (χ1n) is 10.2. The first kappa shape index (κ1) is 24.9. The average Bonchev–Trinajstić information content (AvgIpc) is 2.77. The van der Waals surface area contributed by atoms with Crippen LogP contribution in [0.4, 0.5) is 11.4 Å². The third-order valence-corrected chi connectivity index (χ3v) is 7.10. The minimum Gasteiger partial charge on any atom is -0.480 e. The molecule has 33 heavy (non-hydrogen) atoms. The highest BCUT2D eigenvalue weighted by atomic mass is 35.5. The zero-order valence-electron chi connectivity index (χ0n) is 18.4. The lowest BCUT2D eigenvalue weighted by atomic mass is 10.1. The molecule has 1 atom stereocenters. The Hall–Kier alpha value is -2.74. The maximum absolute atomic E-state index is 12.7. The zero-order chi connectivity index (χ0) is 24.2. The fourth-order valence-electron chi connectivity index (χ4n) is 3.04. The summed E-state index contributed by atoms with van der Waals surface area (Å²) in [5.74, 6) is 0.335. The van der Waals surface area contributed by atoms with Crippen LogP contribution >= 0.6 is 23.2 Å². The van der Waals surface area contributed by atoms with Crippen molar-refractivity contribution in [2.75, 3.05) is 10.0 Å². The lowest BCUT2D eigenvalue weighted by Gasteiger charge is -2.19. The molecule has 0 aromatic heterocycles. The summed E-state index contributed by atoms with van der Waals surface area (Å²) in [5, 5.41) is 3.13. The van der Waals surface area contributed by atoms with E-state index >= 15 is 0 Å². The van der Waals surface area contributed by atoms with Crippen molar-refractivity contribution in [1.82, 2.24) is 0 Å². The van der Waals surface area contributed by atoms with E-state index in [1.807, 2.05) is 39.0 Å². The Morgan fingerprint density at radius 2 is 1.73 bits per heavy atom. The smallest absolute Gasteiger partial charge is 0.265 e. The van der Waals surface area contributed by atoms with E-state index in [4.69, 9.17) is 27.9 Å². The normalized spacial score (nSPS) is 12.2. The second-order valence-electron chi connectivity index (χ2n) is 7.50. The summed E-state index contributed by atoms with van der Waals surface area (Å²) in [6.07, 6.45) is -0.226. The Balaban J connectivity index is 1.70. The van der Waals surface area contributed by atoms with Crippen molar-refractivity contribution >= 4 is 50.5 Å². The number of carbonyl (C=O) groups excluding carboxylic acids is 1. The summed E-state index contributed by atoms with van der Waals surface area (Å²) in [4.78, 5) is 12.8. The van der Waals surface area contributed by atoms with Crippen LogP contribution in [0.15, 0.2) is 65.6 Å². The Kier molecular flexibility index (Phi) is 7.89. The van der Waals surface area contributed by atoms with Crippen LogP contribution in [0.2, 0.25) is 10.0 Å². The molecule has 0 aliphatic carbocycles. The molecule has 0 saturated heterocycles. The summed E-state index contributed by atoms with van der Waals surface area (Å²) in [6, 6.07) is 16.3. The van der Waals surface area contributed by atoms with Crippen molar-refractivity contribution in [3.05, 3.63) is 81.8 Å². The Bertz CT molecular complexity index is 1260. The summed E-state index contributed by atoms with van der Waals surface area (Å²) in [7, 11) is -3.90. The number of hydrogen-bond acceptors (Lipinski definition) is 4. The van der Waals surface area contributed by atoms with Gasteiger partial charge in [0.25, 0.3) is 15.9 Å². The van der Waals surface area contributed by atoms with Crippen molar-refractivity contribution in [2.24, 2.45) is 0 Å². The lowest BCUT2D eigenvalue weighted by Crippen LogP contribution is -2.32. The number of hydrogen-bond donors (Lipinski definition) is 2. The van der Waals surface area contributed by atoms with E-state index in [2.05, 4.69) is 10.0 Å². The van der Waals surface area contributed by atoms with E-state index in [0.29, 0.717) is 17.9 Å². The van der Waals surface area contributed by atoms with Crippen LogP contribution in [0, 0.1) is 13.8 Å². The van der Waals surface area contributed by atoms with Gasteiger partial charge in [-0.2, -0.15) is 0 Å². The van der Waals surface area contributed by atoms with Gasteiger partial charge in [0.1, 0.15) is 5.75 Å². The molecule has 6 nitrogen and oxygen atoms in total. The van der Waals surface area contributed by atoms with E-state index in [-0.39, 0.29) is 26.5 Å². The van der Waals surface area contributed by atoms with Crippen LogP contribution in [-0.2, 0) is 14.8 Å². The summed E-state index contributed by atoms with van der Waals surface area (Å²) in [6.45, 7) is 5.74. The van der Waals surface area contributed by atoms with Gasteiger partial charge in [-0.1, -0.05) is 48.3 Å². The van der Waals surface area contributed by atoms with Crippen molar-refractivity contribution in [3.8, 4) is 5.75 Å². The van der Waals surface area contributed by atoms with Gasteiger partial charge in [-0.05, 0) is 73.9 Å². The van der Waals surface area contributed by atoms with Gasteiger partial charge in [0.2, 0.25) is 0 Å². The predicted molar refractivity (Wildman–Crippen MR) is 133 cm³/mol. The van der Waals surface area contributed by atoms with E-state index in [1.165, 1.54) is 30.3 Å². The summed E-state index contributed by atoms with van der Waals surface area (Å²) < 4.78 is 33.7. The monoisotopic (exact) mass is 506 g/mol. The molecule has 3 aromatic rings. The van der Waals surface area contributed by atoms with Gasteiger partial charge in [0, 0.05) is 5.69 Å². The molecule has 3 rings (SSSR count). The Labute approximate surface area is 203 Å². The number of rotatable bonds is 8. The van der Waals surface area contributed by atoms with Crippen molar-refractivity contribution < 1.29 is 17.9 Å². The van der Waals surface area contributed by atoms with Gasteiger partial charge < -0.3 is 10.1 Å². The minimum absolute atomic E-state index is 0.00946. The van der Waals surface area contributed by atoms with Crippen molar-refractivity contribution in [2.45, 2.75) is 38.2 Å². The third kappa shape index (κ3) is 6.19. The van der Waals surface area contributed by atoms with Crippen LogP contribution in [0.1, 0.15) is 24.5 Å². The molecular weight excluding hydrogens is 483 g/mol. The van der Waals surface area contributed by atoms with E-state index < -0.39 is 16.1 Å². The van der Waals surface area contributed by atoms with Crippen LogP contribution in [0.5, 0.6) is 5.75 Å². The van der Waals surface area contributed by atoms with Crippen LogP contribution in [0.3, 0.4) is 0 Å². The van der Waals surface area contributed by atoms with Crippen molar-refractivity contribution in [3.63, 3.8) is 0 Å². The molecule has 174 valence electrons. The Morgan fingerprint density at radius 1 is 1.03 bits per heavy atom. The summed E-state index contributed by atoms with van der Waals surface area (Å²) in [5.41, 5.74) is 2.60. The van der Waals surface area contributed by atoms with Gasteiger partial charge in [0.05, 0.1) is 20.6 Å². The quantitative estimate of drug-likeness (QED) is 0.380. The number of carbonyl (C=O) groups is 1. The molecule has 0 fully saturated rings. The van der Waals surface area contributed by atoms with Gasteiger partial charge in [-0.15, -0.1) is 0 Å². The maximum Gasteiger partial charge on any atom is 0.265 e. The number of ether oxygens (including phenoxy) is 1. The molecule has 0 unspecified atom stereocenters. The molecule has 0 aliphatic heterocycles. The maximum atomic E-state index is 12.7. The predicted octanol–water partition coefficient (Wildman–Crippen LogP) is 6.21. The molecule has 2 N–H and O–H groups in total. The highest BCUT2D eigenvalue weighted by Crippen LogP contribution is 2.31. The largest absolute Gasteiger partial charge is 0.480 e. The number of amides is 1. The molecule has 1 amide bonds. The highest BCUT2D eigenvalue weighted by Gasteiger charge is 2.21. The molecule has 0 aliphatic rings. The van der Waals surface area contributed by atoms with Gasteiger partial charge in [-0.25, -0.2) is 8.42 Å². The molecule has 0 bridgehead atoms. The number of sulfonamides is 1. The highest BCUT2D eigenvalue weighted by molar-refractivity contribution is 7.92. The second-order valence-corrected chi connectivity index (χ2v) is 9.97. The van der Waals surface area contributed by atoms with E-state index in [9.17, 15) is 13.2 Å². The van der Waals surface area contributed by atoms with E-state index in [0.717, 1.165) is 11.1 Å². The molecule has 3 aromatic carbocycles. The molecular formula is C24H24Cl2N2O4S. The fraction of sp³-hybridized carbons (Fsp3) is 0.208. The molecule has 9 heteroatoms. The standard InChI is InChI=1S/C24H24Cl2N2O4S/c1-4-21(32-22-14-15(2)8-9-16(22)3)24(29)27-17-10-12-18(13-11-17)33(30,31)28-20-7-5-6-19(25)23(20)26/h5-14,21,28H,4H2,1-3H3,(H,27,29)/t21-/m0/s1. The van der Waals surface area contributed by atoms with Crippen molar-refractivity contribution in [1.29, 1.82) is 0 Å². The number of halogens is 2. The second kappa shape index (κ2) is 10.5. The number of aryl methyl sites for hydroxylation is 2. The minimum atomic E-state index is -3.90. The Morgan fingerprint density at radius 3 is 2.39 bits per heavy atom. The first-order valence-corrected chi connectivity index (χ1v) is 12.5. The fourth-order valence-corrected chi connectivity index (χ4v) is 4.51. The number of anilines is 2. The SMILES string of the molecule is CC[C@H](Oc1cc(C)ccc1C)C(=O)Nc1ccc(S(=O)(=O)Nc2cccc(Cl)c2Cl)cc1. The first-order chi connectivity index (χ1) is 15.6. The van der Waals surface area contributed by atoms with Crippen LogP contribution < -0.4 is 14.8 Å². The zero-order valence-corrected chi connectivity index (χ0v) is 20.7. The lowest BCUT2D eigenvalue weighted by molar-refractivity contribution is -0.122. The number of benzene rings is 3. The van der Waals surface area contributed by atoms with Crippen LogP contribution in [-0.4, -0.2) is 20.4 Å². The van der Waals surface area contributed by atoms with Gasteiger partial charge >= 0.3 is 0 Å². The summed E-state index contributed by atoms with van der Waals surface area (Å²) >= 11 is 12.0. The van der Waals surface area contributed by atoms with Gasteiger partial charge in [0.15, 0.2) is 6.10 Å². The third-order valence-electron chi connectivity index (χ3n) is 4.90. The van der Waals surface area contributed by atoms with E-state index in [1.54, 1.807) is 12.1 Å².